The lowest BCUT2D eigenvalue weighted by molar-refractivity contribution is 1.05. The van der Waals surface area contributed by atoms with Gasteiger partial charge in [-0.3, -0.25) is 0 Å². The minimum Gasteiger partial charge on any atom is -0.0619 e. The Morgan fingerprint density at radius 1 is 0.536 bits per heavy atom. The highest BCUT2D eigenvalue weighted by Gasteiger charge is 2.36. The van der Waals surface area contributed by atoms with E-state index in [0.717, 1.165) is 6.42 Å². The van der Waals surface area contributed by atoms with Crippen molar-refractivity contribution >= 4 is 11.6 Å². The molecule has 4 aromatic carbocycles. The van der Waals surface area contributed by atoms with E-state index in [1.54, 1.807) is 0 Å². The van der Waals surface area contributed by atoms with E-state index in [4.69, 9.17) is 0 Å². The molecule has 0 saturated carbocycles. The fraction of sp³-hybridized carbons (Fsp3) is 0.0714. The van der Waals surface area contributed by atoms with Crippen LogP contribution in [0.1, 0.15) is 39.3 Å². The predicted octanol–water partition coefficient (Wildman–Crippen LogP) is 6.92. The van der Waals surface area contributed by atoms with E-state index in [9.17, 15) is 0 Å². The summed E-state index contributed by atoms with van der Waals surface area (Å²) in [4.78, 5) is 0. The molecule has 0 radical (unpaired) electrons. The van der Waals surface area contributed by atoms with Crippen LogP contribution in [0.5, 0.6) is 0 Å². The second-order valence-corrected chi connectivity index (χ2v) is 8.14. The molecule has 1 unspecified atom stereocenters. The Kier molecular flexibility index (Phi) is 2.67. The summed E-state index contributed by atoms with van der Waals surface area (Å²) in [6.45, 7) is 0. The van der Waals surface area contributed by atoms with Crippen molar-refractivity contribution in [2.75, 3.05) is 0 Å². The van der Waals surface area contributed by atoms with Crippen LogP contribution in [0, 0.1) is 0 Å². The molecule has 0 heterocycles. The quantitative estimate of drug-likeness (QED) is 0.283. The Morgan fingerprint density at radius 3 is 2.21 bits per heavy atom. The topological polar surface area (TPSA) is 0 Å². The van der Waals surface area contributed by atoms with Gasteiger partial charge in [-0.1, -0.05) is 78.9 Å². The molecule has 7 rings (SSSR count). The van der Waals surface area contributed by atoms with Crippen molar-refractivity contribution in [1.82, 2.24) is 0 Å². The molecule has 0 bridgehead atoms. The summed E-state index contributed by atoms with van der Waals surface area (Å²) < 4.78 is 0. The molecule has 0 heteroatoms. The maximum Gasteiger partial charge on any atom is 0.0358 e. The van der Waals surface area contributed by atoms with Crippen molar-refractivity contribution in [3.8, 4) is 22.3 Å². The van der Waals surface area contributed by atoms with Crippen LogP contribution in [0.4, 0.5) is 0 Å². The van der Waals surface area contributed by atoms with Crippen LogP contribution >= 0.6 is 0 Å². The first-order valence-electron chi connectivity index (χ1n) is 10.0. The van der Waals surface area contributed by atoms with Crippen molar-refractivity contribution < 1.29 is 0 Å². The molecular weight excluding hydrogens is 336 g/mol. The number of allylic oxidation sites excluding steroid dienone is 1. The molecular formula is C28H18. The number of hydrogen-bond donors (Lipinski definition) is 0. The van der Waals surface area contributed by atoms with Gasteiger partial charge in [-0.05, 0) is 79.8 Å². The summed E-state index contributed by atoms with van der Waals surface area (Å²) in [5.41, 5.74) is 15.7. The molecule has 0 amide bonds. The first-order chi connectivity index (χ1) is 13.9. The molecule has 0 aromatic heterocycles. The monoisotopic (exact) mass is 354 g/mol. The average molecular weight is 354 g/mol. The highest BCUT2D eigenvalue weighted by molar-refractivity contribution is 6.03. The van der Waals surface area contributed by atoms with Crippen molar-refractivity contribution in [1.29, 1.82) is 0 Å². The van der Waals surface area contributed by atoms with E-state index in [-0.39, 0.29) is 0 Å². The first kappa shape index (κ1) is 14.6. The molecule has 28 heavy (non-hydrogen) atoms. The van der Waals surface area contributed by atoms with Gasteiger partial charge in [0.1, 0.15) is 0 Å². The summed E-state index contributed by atoms with van der Waals surface area (Å²) in [7, 11) is 0. The maximum absolute atomic E-state index is 2.50. The summed E-state index contributed by atoms with van der Waals surface area (Å²) in [5.74, 6) is 0.357. The van der Waals surface area contributed by atoms with Crippen LogP contribution in [0.3, 0.4) is 0 Å². The molecule has 3 aliphatic rings. The standard InChI is InChI=1S/C28H18/c1-3-9-20-17(7-1)13-19-15-27-25(16-24(19)20)22-11-5-6-12-23(22)26-14-18-8-2-4-10-21(18)28(26)27/h1-12,14-16,28H,13H2. The van der Waals surface area contributed by atoms with Gasteiger partial charge in [0.25, 0.3) is 0 Å². The number of hydrogen-bond acceptors (Lipinski definition) is 0. The van der Waals surface area contributed by atoms with Crippen molar-refractivity contribution in [3.63, 3.8) is 0 Å². The largest absolute Gasteiger partial charge is 0.0619 e. The van der Waals surface area contributed by atoms with Crippen LogP contribution in [0.15, 0.2) is 84.9 Å². The smallest absolute Gasteiger partial charge is 0.0358 e. The van der Waals surface area contributed by atoms with E-state index < -0.39 is 0 Å². The second kappa shape index (κ2) is 5.11. The van der Waals surface area contributed by atoms with Crippen LogP contribution in [-0.4, -0.2) is 0 Å². The van der Waals surface area contributed by atoms with Gasteiger partial charge in [0.15, 0.2) is 0 Å². The molecule has 130 valence electrons. The van der Waals surface area contributed by atoms with E-state index in [0.29, 0.717) is 5.92 Å². The lowest BCUT2D eigenvalue weighted by Crippen LogP contribution is -2.10. The van der Waals surface area contributed by atoms with E-state index in [2.05, 4.69) is 91.0 Å². The van der Waals surface area contributed by atoms with E-state index in [1.807, 2.05) is 0 Å². The molecule has 0 spiro atoms. The van der Waals surface area contributed by atoms with Crippen molar-refractivity contribution in [2.24, 2.45) is 0 Å². The van der Waals surface area contributed by atoms with Gasteiger partial charge in [-0.15, -0.1) is 0 Å². The van der Waals surface area contributed by atoms with Gasteiger partial charge in [0.05, 0.1) is 0 Å². The van der Waals surface area contributed by atoms with Gasteiger partial charge in [-0.2, -0.15) is 0 Å². The molecule has 0 aliphatic heterocycles. The zero-order chi connectivity index (χ0) is 18.2. The van der Waals surface area contributed by atoms with Crippen LogP contribution < -0.4 is 0 Å². The zero-order valence-corrected chi connectivity index (χ0v) is 15.4. The molecule has 0 N–H and O–H groups in total. The van der Waals surface area contributed by atoms with Crippen LogP contribution in [0.2, 0.25) is 0 Å². The summed E-state index contributed by atoms with van der Waals surface area (Å²) in [6.07, 6.45) is 3.46. The SMILES string of the molecule is C1=C2c3ccccc3-c3cc4c(cc3C2c2ccccc21)Cc1ccccc1-4. The maximum atomic E-state index is 2.50. The predicted molar refractivity (Wildman–Crippen MR) is 116 cm³/mol. The van der Waals surface area contributed by atoms with Gasteiger partial charge in [0, 0.05) is 5.92 Å². The second-order valence-electron chi connectivity index (χ2n) is 8.14. The van der Waals surface area contributed by atoms with Gasteiger partial charge >= 0.3 is 0 Å². The Bertz CT molecular complexity index is 1340. The molecule has 1 atom stereocenters. The fourth-order valence-electron chi connectivity index (χ4n) is 5.54. The lowest BCUT2D eigenvalue weighted by Gasteiger charge is -2.29. The van der Waals surface area contributed by atoms with Gasteiger partial charge in [-0.25, -0.2) is 0 Å². The summed E-state index contributed by atoms with van der Waals surface area (Å²) in [6, 6.07) is 31.7. The average Bonchev–Trinajstić information content (AvgIpc) is 3.31. The third-order valence-electron chi connectivity index (χ3n) is 6.73. The van der Waals surface area contributed by atoms with E-state index in [1.165, 1.54) is 61.2 Å². The van der Waals surface area contributed by atoms with Gasteiger partial charge < -0.3 is 0 Å². The number of benzene rings is 4. The first-order valence-corrected chi connectivity index (χ1v) is 10.0. The van der Waals surface area contributed by atoms with Crippen molar-refractivity contribution in [2.45, 2.75) is 12.3 Å². The fourth-order valence-corrected chi connectivity index (χ4v) is 5.54. The van der Waals surface area contributed by atoms with Crippen LogP contribution in [-0.2, 0) is 6.42 Å². The van der Waals surface area contributed by atoms with Crippen LogP contribution in [0.25, 0.3) is 33.9 Å². The Hall–Kier alpha value is -3.38. The third-order valence-corrected chi connectivity index (χ3v) is 6.73. The number of fused-ring (bicyclic) bond motifs is 11. The minimum atomic E-state index is 0.357. The molecule has 0 saturated heterocycles. The summed E-state index contributed by atoms with van der Waals surface area (Å²) >= 11 is 0. The summed E-state index contributed by atoms with van der Waals surface area (Å²) in [5, 5.41) is 0. The third kappa shape index (κ3) is 1.75. The molecule has 0 fully saturated rings. The Balaban J connectivity index is 1.57. The van der Waals surface area contributed by atoms with Crippen molar-refractivity contribution in [3.05, 3.63) is 118 Å². The van der Waals surface area contributed by atoms with Gasteiger partial charge in [0.2, 0.25) is 0 Å². The highest BCUT2D eigenvalue weighted by Crippen LogP contribution is 2.55. The lowest BCUT2D eigenvalue weighted by atomic mass is 9.73. The molecule has 0 nitrogen and oxygen atoms in total. The Morgan fingerprint density at radius 2 is 1.29 bits per heavy atom. The zero-order valence-electron chi connectivity index (χ0n) is 15.4. The Labute approximate surface area is 164 Å². The molecule has 3 aliphatic carbocycles. The molecule has 4 aromatic rings. The normalized spacial score (nSPS) is 17.0. The minimum absolute atomic E-state index is 0.357. The van der Waals surface area contributed by atoms with E-state index >= 15 is 0 Å². The highest BCUT2D eigenvalue weighted by atomic mass is 14.4. The number of rotatable bonds is 0.